The highest BCUT2D eigenvalue weighted by Gasteiger charge is 2.25. The zero-order chi connectivity index (χ0) is 19.2. The van der Waals surface area contributed by atoms with Crippen molar-refractivity contribution < 1.29 is 9.53 Å². The number of amides is 1. The zero-order valence-corrected chi connectivity index (χ0v) is 17.3. The number of hydrogen-bond acceptors (Lipinski definition) is 5. The lowest BCUT2D eigenvalue weighted by molar-refractivity contribution is -0.132. The van der Waals surface area contributed by atoms with Crippen molar-refractivity contribution >= 4 is 29.3 Å². The zero-order valence-electron chi connectivity index (χ0n) is 15.7. The van der Waals surface area contributed by atoms with E-state index in [4.69, 9.17) is 16.3 Å². The van der Waals surface area contributed by atoms with Gasteiger partial charge in [-0.05, 0) is 49.9 Å². The van der Waals surface area contributed by atoms with Crippen molar-refractivity contribution in [2.75, 3.05) is 12.3 Å². The van der Waals surface area contributed by atoms with Crippen molar-refractivity contribution in [2.45, 2.75) is 50.4 Å². The van der Waals surface area contributed by atoms with E-state index >= 15 is 0 Å². The third-order valence-electron chi connectivity index (χ3n) is 4.85. The first-order valence-electron chi connectivity index (χ1n) is 9.27. The number of carbonyl (C=O) groups is 1. The summed E-state index contributed by atoms with van der Waals surface area (Å²) < 4.78 is 7.60. The van der Waals surface area contributed by atoms with Crippen LogP contribution in [0.1, 0.15) is 38.4 Å². The Morgan fingerprint density at radius 1 is 1.30 bits per heavy atom. The first kappa shape index (κ1) is 20.0. The maximum atomic E-state index is 12.6. The lowest BCUT2D eigenvalue weighted by Crippen LogP contribution is -2.44. The number of piperidine rings is 1. The Kier molecular flexibility index (Phi) is 7.01. The predicted octanol–water partition coefficient (Wildman–Crippen LogP) is 3.93. The second kappa shape index (κ2) is 9.46. The molecule has 1 aliphatic heterocycles. The summed E-state index contributed by atoms with van der Waals surface area (Å²) in [5.41, 5.74) is 0. The SMILES string of the molecule is CC[C@@H]1CCCCN1C(=O)CSc1nnc(COc2ccc(Cl)cc2)n1C. The molecule has 0 spiro atoms. The average molecular weight is 409 g/mol. The molecule has 0 unspecified atom stereocenters. The number of thioether (sulfide) groups is 1. The van der Waals surface area contributed by atoms with Crippen LogP contribution in [-0.2, 0) is 18.4 Å². The van der Waals surface area contributed by atoms with Crippen molar-refractivity contribution in [1.29, 1.82) is 0 Å². The van der Waals surface area contributed by atoms with Crippen molar-refractivity contribution in [3.05, 3.63) is 35.1 Å². The molecule has 0 aliphatic carbocycles. The summed E-state index contributed by atoms with van der Waals surface area (Å²) in [6.45, 7) is 3.33. The summed E-state index contributed by atoms with van der Waals surface area (Å²) in [5, 5.41) is 9.78. The van der Waals surface area contributed by atoms with E-state index in [9.17, 15) is 4.79 Å². The lowest BCUT2D eigenvalue weighted by atomic mass is 10.0. The number of ether oxygens (including phenoxy) is 1. The van der Waals surface area contributed by atoms with Gasteiger partial charge in [0.1, 0.15) is 12.4 Å². The molecule has 1 aromatic carbocycles. The minimum Gasteiger partial charge on any atom is -0.486 e. The Balaban J connectivity index is 1.53. The number of hydrogen-bond donors (Lipinski definition) is 0. The standard InChI is InChI=1S/C19H25ClN4O2S/c1-3-15-6-4-5-11-24(15)18(25)13-27-19-22-21-17(23(19)2)12-26-16-9-7-14(20)8-10-16/h7-10,15H,3-6,11-13H2,1-2H3/t15-/m1/s1. The van der Waals surface area contributed by atoms with Gasteiger partial charge in [0.2, 0.25) is 5.91 Å². The largest absolute Gasteiger partial charge is 0.486 e. The minimum atomic E-state index is 0.188. The van der Waals surface area contributed by atoms with Gasteiger partial charge >= 0.3 is 0 Å². The number of halogens is 1. The fourth-order valence-corrected chi connectivity index (χ4v) is 4.18. The van der Waals surface area contributed by atoms with E-state index in [1.807, 2.05) is 28.6 Å². The van der Waals surface area contributed by atoms with Crippen molar-refractivity contribution in [2.24, 2.45) is 7.05 Å². The van der Waals surface area contributed by atoms with Crippen LogP contribution in [-0.4, -0.2) is 43.9 Å². The third-order valence-corrected chi connectivity index (χ3v) is 6.11. The van der Waals surface area contributed by atoms with Crippen LogP contribution < -0.4 is 4.74 Å². The van der Waals surface area contributed by atoms with Gasteiger partial charge in [-0.25, -0.2) is 0 Å². The highest BCUT2D eigenvalue weighted by atomic mass is 35.5. The van der Waals surface area contributed by atoms with Crippen molar-refractivity contribution in [3.63, 3.8) is 0 Å². The van der Waals surface area contributed by atoms with Gasteiger partial charge in [-0.15, -0.1) is 10.2 Å². The summed E-state index contributed by atoms with van der Waals surface area (Å²) in [6.07, 6.45) is 4.45. The van der Waals surface area contributed by atoms with E-state index < -0.39 is 0 Å². The number of carbonyl (C=O) groups excluding carboxylic acids is 1. The van der Waals surface area contributed by atoms with E-state index in [2.05, 4.69) is 17.1 Å². The molecule has 0 bridgehead atoms. The van der Waals surface area contributed by atoms with Gasteiger partial charge in [-0.2, -0.15) is 0 Å². The first-order valence-corrected chi connectivity index (χ1v) is 10.6. The number of nitrogens with zero attached hydrogens (tertiary/aromatic N) is 4. The quantitative estimate of drug-likeness (QED) is 0.649. The molecule has 1 saturated heterocycles. The van der Waals surface area contributed by atoms with Crippen LogP contribution in [0, 0.1) is 0 Å². The minimum absolute atomic E-state index is 0.188. The van der Waals surface area contributed by atoms with Gasteiger partial charge in [-0.3, -0.25) is 4.79 Å². The number of likely N-dealkylation sites (tertiary alicyclic amines) is 1. The Bertz CT molecular complexity index is 766. The highest BCUT2D eigenvalue weighted by Crippen LogP contribution is 2.23. The number of aromatic nitrogens is 3. The maximum absolute atomic E-state index is 12.6. The van der Waals surface area contributed by atoms with E-state index in [0.29, 0.717) is 29.2 Å². The molecule has 8 heteroatoms. The van der Waals surface area contributed by atoms with Gasteiger partial charge in [0, 0.05) is 24.7 Å². The molecule has 1 aliphatic rings. The number of rotatable bonds is 7. The molecule has 0 N–H and O–H groups in total. The van der Waals surface area contributed by atoms with Crippen LogP contribution in [0.15, 0.2) is 29.4 Å². The Hall–Kier alpha value is -1.73. The van der Waals surface area contributed by atoms with E-state index in [1.165, 1.54) is 18.2 Å². The molecule has 1 amide bonds. The molecule has 2 aromatic rings. The Labute approximate surface area is 169 Å². The maximum Gasteiger partial charge on any atom is 0.233 e. The fourth-order valence-electron chi connectivity index (χ4n) is 3.24. The van der Waals surface area contributed by atoms with Crippen molar-refractivity contribution in [3.8, 4) is 5.75 Å². The van der Waals surface area contributed by atoms with Crippen LogP contribution in [0.25, 0.3) is 0 Å². The van der Waals surface area contributed by atoms with Crippen LogP contribution in [0.2, 0.25) is 5.02 Å². The molecule has 6 nitrogen and oxygen atoms in total. The molecule has 3 rings (SSSR count). The first-order chi connectivity index (χ1) is 13.1. The highest BCUT2D eigenvalue weighted by molar-refractivity contribution is 7.99. The molecule has 0 saturated carbocycles. The van der Waals surface area contributed by atoms with Gasteiger partial charge < -0.3 is 14.2 Å². The van der Waals surface area contributed by atoms with E-state index in [1.54, 1.807) is 12.1 Å². The van der Waals surface area contributed by atoms with Gasteiger partial charge in [0.25, 0.3) is 0 Å². The molecule has 1 atom stereocenters. The fraction of sp³-hybridized carbons (Fsp3) is 0.526. The summed E-state index contributed by atoms with van der Waals surface area (Å²) in [4.78, 5) is 14.6. The van der Waals surface area contributed by atoms with E-state index in [-0.39, 0.29) is 5.91 Å². The summed E-state index contributed by atoms with van der Waals surface area (Å²) in [6, 6.07) is 7.58. The van der Waals surface area contributed by atoms with Gasteiger partial charge in [0.05, 0.1) is 5.75 Å². The summed E-state index contributed by atoms with van der Waals surface area (Å²) in [7, 11) is 1.89. The van der Waals surface area contributed by atoms with Crippen LogP contribution in [0.5, 0.6) is 5.75 Å². The molecule has 27 heavy (non-hydrogen) atoms. The third kappa shape index (κ3) is 5.17. The topological polar surface area (TPSA) is 60.3 Å². The second-order valence-corrected chi connectivity index (χ2v) is 8.01. The van der Waals surface area contributed by atoms with Gasteiger partial charge in [0.15, 0.2) is 11.0 Å². The van der Waals surface area contributed by atoms with E-state index in [0.717, 1.165) is 36.7 Å². The van der Waals surface area contributed by atoms with Crippen molar-refractivity contribution in [1.82, 2.24) is 19.7 Å². The molecule has 146 valence electrons. The summed E-state index contributed by atoms with van der Waals surface area (Å²) >= 11 is 7.31. The van der Waals surface area contributed by atoms with Crippen LogP contribution in [0.4, 0.5) is 0 Å². The predicted molar refractivity (Wildman–Crippen MR) is 107 cm³/mol. The molecular formula is C19H25ClN4O2S. The van der Waals surface area contributed by atoms with Crippen LogP contribution >= 0.6 is 23.4 Å². The molecule has 2 heterocycles. The Morgan fingerprint density at radius 2 is 2.07 bits per heavy atom. The van der Waals surface area contributed by atoms with Gasteiger partial charge in [-0.1, -0.05) is 30.3 Å². The summed E-state index contributed by atoms with van der Waals surface area (Å²) in [5.74, 6) is 2.01. The molecule has 1 fully saturated rings. The number of benzene rings is 1. The normalized spacial score (nSPS) is 17.1. The molecular weight excluding hydrogens is 384 g/mol. The smallest absolute Gasteiger partial charge is 0.233 e. The molecule has 0 radical (unpaired) electrons. The monoisotopic (exact) mass is 408 g/mol. The molecule has 1 aromatic heterocycles. The lowest BCUT2D eigenvalue weighted by Gasteiger charge is -2.35. The van der Waals surface area contributed by atoms with Crippen LogP contribution in [0.3, 0.4) is 0 Å². The average Bonchev–Trinajstić information content (AvgIpc) is 3.05. The Morgan fingerprint density at radius 3 is 2.81 bits per heavy atom. The second-order valence-electron chi connectivity index (χ2n) is 6.63.